The van der Waals surface area contributed by atoms with Crippen molar-refractivity contribution in [2.24, 2.45) is 0 Å². The van der Waals surface area contributed by atoms with Gasteiger partial charge in [-0.3, -0.25) is 13.8 Å². The second-order valence-electron chi connectivity index (χ2n) is 11.8. The van der Waals surface area contributed by atoms with E-state index in [1.54, 1.807) is 0 Å². The molecule has 38 heavy (non-hydrogen) atoms. The first kappa shape index (κ1) is 37.5. The predicted octanol–water partition coefficient (Wildman–Crippen LogP) is 6.73. The van der Waals surface area contributed by atoms with E-state index in [1.807, 2.05) is 28.1 Å². The van der Waals surface area contributed by atoms with Crippen LogP contribution in [0, 0.1) is 0 Å². The second kappa shape index (κ2) is 23.2. The Morgan fingerprint density at radius 1 is 0.789 bits per heavy atom. The highest BCUT2D eigenvalue weighted by molar-refractivity contribution is 7.47. The van der Waals surface area contributed by atoms with Gasteiger partial charge in [-0.25, -0.2) is 4.57 Å². The Morgan fingerprint density at radius 3 is 1.74 bits per heavy atom. The SMILES string of the molecule is CCCCCCCCCCCCCCCCC(O)C(COP(=O)(O)OCC[N+](C)(C)C)NC(=O)CCCC. The molecule has 0 aromatic heterocycles. The van der Waals surface area contributed by atoms with Gasteiger partial charge in [-0.1, -0.05) is 110 Å². The van der Waals surface area contributed by atoms with Gasteiger partial charge in [0.15, 0.2) is 0 Å². The number of amides is 1. The van der Waals surface area contributed by atoms with E-state index < -0.39 is 20.0 Å². The Morgan fingerprint density at radius 2 is 1.26 bits per heavy atom. The fraction of sp³-hybridized carbons (Fsp3) is 0.966. The van der Waals surface area contributed by atoms with Crippen LogP contribution < -0.4 is 5.32 Å². The highest BCUT2D eigenvalue weighted by Gasteiger charge is 2.28. The molecule has 0 bridgehead atoms. The van der Waals surface area contributed by atoms with Crippen LogP contribution in [0.3, 0.4) is 0 Å². The van der Waals surface area contributed by atoms with Gasteiger partial charge < -0.3 is 19.8 Å². The number of aliphatic hydroxyl groups is 1. The number of quaternary nitrogens is 1. The standard InChI is InChI=1S/C29H61N2O6P/c1-6-8-10-11-12-13-14-15-16-17-18-19-20-21-22-28(32)27(30-29(33)23-9-7-2)26-37-38(34,35)36-25-24-31(3,4)5/h27-28,32H,6-26H2,1-5H3,(H-,30,33,34,35)/p+1. The van der Waals surface area contributed by atoms with Gasteiger partial charge in [-0.05, 0) is 12.8 Å². The molecule has 1 amide bonds. The van der Waals surface area contributed by atoms with Gasteiger partial charge in [-0.15, -0.1) is 0 Å². The molecular weight excluding hydrogens is 503 g/mol. The van der Waals surface area contributed by atoms with Crippen molar-refractivity contribution >= 4 is 13.7 Å². The van der Waals surface area contributed by atoms with E-state index in [0.717, 1.165) is 32.1 Å². The average Bonchev–Trinajstić information content (AvgIpc) is 2.84. The van der Waals surface area contributed by atoms with Gasteiger partial charge in [0, 0.05) is 6.42 Å². The lowest BCUT2D eigenvalue weighted by Crippen LogP contribution is -2.46. The minimum Gasteiger partial charge on any atom is -0.391 e. The Balaban J connectivity index is 4.26. The van der Waals surface area contributed by atoms with Crippen LogP contribution >= 0.6 is 7.82 Å². The van der Waals surface area contributed by atoms with Crippen LogP contribution in [0.1, 0.15) is 129 Å². The van der Waals surface area contributed by atoms with Crippen LogP contribution in [-0.2, 0) is 18.4 Å². The molecule has 0 heterocycles. The van der Waals surface area contributed by atoms with Crippen LogP contribution in [0.15, 0.2) is 0 Å². The van der Waals surface area contributed by atoms with E-state index in [2.05, 4.69) is 12.2 Å². The third-order valence-electron chi connectivity index (χ3n) is 6.86. The maximum absolute atomic E-state index is 12.3. The Labute approximate surface area is 234 Å². The third-order valence-corrected chi connectivity index (χ3v) is 7.84. The summed E-state index contributed by atoms with van der Waals surface area (Å²) in [4.78, 5) is 22.3. The zero-order chi connectivity index (χ0) is 28.7. The summed E-state index contributed by atoms with van der Waals surface area (Å²) < 4.78 is 23.1. The molecule has 0 radical (unpaired) electrons. The maximum Gasteiger partial charge on any atom is 0.472 e. The van der Waals surface area contributed by atoms with Crippen LogP contribution in [-0.4, -0.2) is 73.4 Å². The third kappa shape index (κ3) is 24.5. The molecule has 0 saturated heterocycles. The summed E-state index contributed by atoms with van der Waals surface area (Å²) in [6, 6.07) is -0.746. The zero-order valence-corrected chi connectivity index (χ0v) is 26.3. The number of phosphoric acid groups is 1. The molecule has 3 N–H and O–H groups in total. The molecule has 228 valence electrons. The van der Waals surface area contributed by atoms with Crippen LogP contribution in [0.2, 0.25) is 0 Å². The van der Waals surface area contributed by atoms with Gasteiger partial charge in [-0.2, -0.15) is 0 Å². The van der Waals surface area contributed by atoms with Crippen LogP contribution in [0.5, 0.6) is 0 Å². The minimum atomic E-state index is -4.27. The van der Waals surface area contributed by atoms with Gasteiger partial charge in [0.2, 0.25) is 5.91 Å². The van der Waals surface area contributed by atoms with Crippen LogP contribution in [0.4, 0.5) is 0 Å². The summed E-state index contributed by atoms with van der Waals surface area (Å²) in [5.74, 6) is -0.181. The van der Waals surface area contributed by atoms with E-state index in [9.17, 15) is 19.4 Å². The van der Waals surface area contributed by atoms with Crippen molar-refractivity contribution in [1.82, 2.24) is 5.32 Å². The van der Waals surface area contributed by atoms with Crippen molar-refractivity contribution < 1.29 is 32.9 Å². The topological polar surface area (TPSA) is 105 Å². The highest BCUT2D eigenvalue weighted by atomic mass is 31.2. The minimum absolute atomic E-state index is 0.0758. The molecule has 0 aromatic rings. The molecule has 0 spiro atoms. The van der Waals surface area contributed by atoms with Gasteiger partial charge >= 0.3 is 7.82 Å². The number of hydrogen-bond donors (Lipinski definition) is 3. The number of nitrogens with zero attached hydrogens (tertiary/aromatic N) is 1. The van der Waals surface area contributed by atoms with Gasteiger partial charge in [0.25, 0.3) is 0 Å². The number of unbranched alkanes of at least 4 members (excludes halogenated alkanes) is 14. The van der Waals surface area contributed by atoms with E-state index in [-0.39, 0.29) is 19.1 Å². The summed E-state index contributed by atoms with van der Waals surface area (Å²) in [6.45, 7) is 4.62. The molecule has 0 saturated carbocycles. The number of hydrogen-bond acceptors (Lipinski definition) is 5. The monoisotopic (exact) mass is 565 g/mol. The van der Waals surface area contributed by atoms with E-state index in [1.165, 1.54) is 70.6 Å². The molecule has 0 fully saturated rings. The molecule has 0 aliphatic heterocycles. The average molecular weight is 566 g/mol. The molecule has 3 atom stereocenters. The second-order valence-corrected chi connectivity index (χ2v) is 13.3. The van der Waals surface area contributed by atoms with Crippen molar-refractivity contribution in [3.63, 3.8) is 0 Å². The summed E-state index contributed by atoms with van der Waals surface area (Å²) in [7, 11) is 1.61. The van der Waals surface area contributed by atoms with Crippen molar-refractivity contribution in [2.45, 2.75) is 142 Å². The summed E-state index contributed by atoms with van der Waals surface area (Å²) >= 11 is 0. The first-order valence-electron chi connectivity index (χ1n) is 15.4. The lowest BCUT2D eigenvalue weighted by molar-refractivity contribution is -0.870. The molecule has 0 aliphatic carbocycles. The number of phosphoric ester groups is 1. The summed E-state index contributed by atoms with van der Waals surface area (Å²) in [6.07, 6.45) is 19.4. The number of carbonyl (C=O) groups excluding carboxylic acids is 1. The van der Waals surface area contributed by atoms with Gasteiger partial charge in [0.05, 0.1) is 39.9 Å². The van der Waals surface area contributed by atoms with Crippen molar-refractivity contribution in [2.75, 3.05) is 40.9 Å². The first-order chi connectivity index (χ1) is 18.0. The molecule has 0 rings (SSSR count). The fourth-order valence-electron chi connectivity index (χ4n) is 4.26. The van der Waals surface area contributed by atoms with Gasteiger partial charge in [0.1, 0.15) is 13.2 Å². The number of likely N-dealkylation sites (N-methyl/N-ethyl adjacent to an activating group) is 1. The summed E-state index contributed by atoms with van der Waals surface area (Å²) in [5.41, 5.74) is 0. The van der Waals surface area contributed by atoms with E-state index in [4.69, 9.17) is 9.05 Å². The normalized spacial score (nSPS) is 15.2. The smallest absolute Gasteiger partial charge is 0.391 e. The zero-order valence-electron chi connectivity index (χ0n) is 25.4. The molecule has 9 heteroatoms. The highest BCUT2D eigenvalue weighted by Crippen LogP contribution is 2.43. The van der Waals surface area contributed by atoms with E-state index in [0.29, 0.717) is 23.9 Å². The molecule has 3 unspecified atom stereocenters. The lowest BCUT2D eigenvalue weighted by atomic mass is 10.0. The number of rotatable bonds is 27. The van der Waals surface area contributed by atoms with Crippen molar-refractivity contribution in [3.8, 4) is 0 Å². The first-order valence-corrected chi connectivity index (χ1v) is 16.9. The predicted molar refractivity (Wildman–Crippen MR) is 157 cm³/mol. The molecule has 8 nitrogen and oxygen atoms in total. The quantitative estimate of drug-likeness (QED) is 0.0579. The lowest BCUT2D eigenvalue weighted by Gasteiger charge is -2.26. The fourth-order valence-corrected chi connectivity index (χ4v) is 4.99. The molecule has 0 aliphatic rings. The van der Waals surface area contributed by atoms with E-state index >= 15 is 0 Å². The molecule has 0 aromatic carbocycles. The molecular formula is C29H62N2O6P+. The number of nitrogens with one attached hydrogen (secondary N) is 1. The largest absolute Gasteiger partial charge is 0.472 e. The van der Waals surface area contributed by atoms with Crippen LogP contribution in [0.25, 0.3) is 0 Å². The Bertz CT molecular complexity index is 614. The Hall–Kier alpha value is -0.500. The number of aliphatic hydroxyl groups excluding tert-OH is 1. The van der Waals surface area contributed by atoms with Crippen molar-refractivity contribution in [3.05, 3.63) is 0 Å². The number of carbonyl (C=O) groups is 1. The Kier molecular flexibility index (Phi) is 22.9. The maximum atomic E-state index is 12.3. The summed E-state index contributed by atoms with van der Waals surface area (Å²) in [5, 5.41) is 13.5. The van der Waals surface area contributed by atoms with Crippen molar-refractivity contribution in [1.29, 1.82) is 0 Å².